The summed E-state index contributed by atoms with van der Waals surface area (Å²) in [5.41, 5.74) is 0.359. The number of likely N-dealkylation sites (N-methyl/N-ethyl adjacent to an activating group) is 1. The number of halogens is 1. The van der Waals surface area contributed by atoms with Crippen molar-refractivity contribution < 1.29 is 24.2 Å². The summed E-state index contributed by atoms with van der Waals surface area (Å²) in [6.45, 7) is 8.79. The Bertz CT molecular complexity index is 1350. The highest BCUT2D eigenvalue weighted by Gasteiger charge is 2.76. The van der Waals surface area contributed by atoms with Gasteiger partial charge in [0.2, 0.25) is 17.7 Å². The predicted molar refractivity (Wildman–Crippen MR) is 160 cm³/mol. The summed E-state index contributed by atoms with van der Waals surface area (Å²) < 4.78 is 8.31. The van der Waals surface area contributed by atoms with Crippen LogP contribution in [-0.2, 0) is 25.8 Å². The van der Waals surface area contributed by atoms with Crippen LogP contribution in [0.25, 0.3) is 11.0 Å². The van der Waals surface area contributed by atoms with E-state index in [2.05, 4.69) is 39.4 Å². The second-order valence-corrected chi connectivity index (χ2v) is 12.6. The number of amides is 3. The van der Waals surface area contributed by atoms with E-state index in [9.17, 15) is 19.5 Å². The highest BCUT2D eigenvalue weighted by molar-refractivity contribution is 9.09. The van der Waals surface area contributed by atoms with E-state index in [-0.39, 0.29) is 42.4 Å². The number of hydrogen-bond acceptors (Lipinski definition) is 7. The van der Waals surface area contributed by atoms with Crippen molar-refractivity contribution in [2.45, 2.75) is 61.3 Å². The van der Waals surface area contributed by atoms with Crippen molar-refractivity contribution in [3.63, 3.8) is 0 Å². The number of likely N-dealkylation sites (tertiary alicyclic amines) is 1. The van der Waals surface area contributed by atoms with Gasteiger partial charge in [-0.15, -0.1) is 18.3 Å². The fourth-order valence-corrected chi connectivity index (χ4v) is 7.89. The second kappa shape index (κ2) is 12.6. The largest absolute Gasteiger partial charge is 0.396 e. The average molecular weight is 644 g/mol. The number of aromatic nitrogens is 3. The molecule has 3 unspecified atom stereocenters. The number of ether oxygens (including phenoxy) is 1. The molecular weight excluding hydrogens is 604 g/mol. The van der Waals surface area contributed by atoms with Crippen molar-refractivity contribution in [2.75, 3.05) is 33.3 Å². The first-order valence-electron chi connectivity index (χ1n) is 14.6. The third-order valence-corrected chi connectivity index (χ3v) is 9.63. The minimum atomic E-state index is -1.14. The quantitative estimate of drug-likeness (QED) is 0.191. The fraction of sp³-hybridized carbons (Fsp3) is 0.567. The number of benzene rings is 1. The zero-order valence-electron chi connectivity index (χ0n) is 24.0. The Morgan fingerprint density at radius 1 is 1.17 bits per heavy atom. The highest BCUT2D eigenvalue weighted by atomic mass is 79.9. The first-order chi connectivity index (χ1) is 20.3. The summed E-state index contributed by atoms with van der Waals surface area (Å²) in [6, 6.07) is 6.62. The van der Waals surface area contributed by atoms with Crippen LogP contribution in [0.5, 0.6) is 0 Å². The van der Waals surface area contributed by atoms with Crippen LogP contribution in [0.15, 0.2) is 49.6 Å². The molecule has 3 saturated heterocycles. The fourth-order valence-electron chi connectivity index (χ4n) is 6.95. The minimum Gasteiger partial charge on any atom is -0.396 e. The number of nitrogens with zero attached hydrogens (tertiary/aromatic N) is 6. The lowest BCUT2D eigenvalue weighted by Gasteiger charge is -2.37. The van der Waals surface area contributed by atoms with Gasteiger partial charge in [-0.3, -0.25) is 14.4 Å². The van der Waals surface area contributed by atoms with Gasteiger partial charge in [0.1, 0.15) is 23.8 Å². The highest BCUT2D eigenvalue weighted by Crippen LogP contribution is 2.60. The molecule has 2 aromatic rings. The Labute approximate surface area is 254 Å². The van der Waals surface area contributed by atoms with E-state index in [4.69, 9.17) is 4.74 Å². The lowest BCUT2D eigenvalue weighted by Crippen LogP contribution is -2.57. The molecule has 11 nitrogen and oxygen atoms in total. The molecule has 1 spiro atoms. The zero-order valence-corrected chi connectivity index (χ0v) is 25.6. The van der Waals surface area contributed by atoms with E-state index in [1.807, 2.05) is 24.3 Å². The van der Waals surface area contributed by atoms with Crippen LogP contribution in [0.2, 0.25) is 0 Å². The van der Waals surface area contributed by atoms with E-state index in [0.29, 0.717) is 37.9 Å². The molecule has 6 atom stereocenters. The van der Waals surface area contributed by atoms with Crippen LogP contribution in [0.1, 0.15) is 32.1 Å². The van der Waals surface area contributed by atoms with Crippen LogP contribution in [0, 0.1) is 11.8 Å². The number of alkyl halides is 1. The van der Waals surface area contributed by atoms with Crippen LogP contribution in [-0.4, -0.2) is 108 Å². The number of carbonyl (C=O) groups is 3. The minimum absolute atomic E-state index is 0.117. The van der Waals surface area contributed by atoms with Crippen molar-refractivity contribution in [3.8, 4) is 0 Å². The van der Waals surface area contributed by atoms with E-state index in [0.717, 1.165) is 18.4 Å². The molecule has 1 N–H and O–H groups in total. The van der Waals surface area contributed by atoms with Gasteiger partial charge in [0.25, 0.3) is 0 Å². The normalized spacial score (nSPS) is 27.8. The number of carbonyl (C=O) groups excluding carboxylic acids is 3. The Morgan fingerprint density at radius 3 is 2.64 bits per heavy atom. The van der Waals surface area contributed by atoms with Gasteiger partial charge in [-0.1, -0.05) is 58.3 Å². The summed E-state index contributed by atoms with van der Waals surface area (Å²) >= 11 is 3.73. The molecule has 42 heavy (non-hydrogen) atoms. The number of fused-ring (bicyclic) bond motifs is 2. The summed E-state index contributed by atoms with van der Waals surface area (Å²) in [4.78, 5) is 47.2. The van der Waals surface area contributed by atoms with Crippen molar-refractivity contribution in [1.82, 2.24) is 29.7 Å². The number of aliphatic hydroxyl groups excluding tert-OH is 1. The molecule has 2 bridgehead atoms. The van der Waals surface area contributed by atoms with Crippen molar-refractivity contribution >= 4 is 44.7 Å². The first kappa shape index (κ1) is 30.4. The van der Waals surface area contributed by atoms with Gasteiger partial charge >= 0.3 is 0 Å². The maximum atomic E-state index is 14.6. The number of aliphatic hydroxyl groups is 1. The summed E-state index contributed by atoms with van der Waals surface area (Å²) in [5.74, 6) is -2.14. The summed E-state index contributed by atoms with van der Waals surface area (Å²) in [6.07, 6.45) is 6.20. The molecule has 3 amide bonds. The van der Waals surface area contributed by atoms with Crippen molar-refractivity contribution in [2.24, 2.45) is 11.8 Å². The molecule has 12 heteroatoms. The van der Waals surface area contributed by atoms with Crippen LogP contribution in [0.4, 0.5) is 0 Å². The maximum Gasteiger partial charge on any atom is 0.250 e. The Kier molecular flexibility index (Phi) is 9.14. The predicted octanol–water partition coefficient (Wildman–Crippen LogP) is 2.35. The monoisotopic (exact) mass is 642 g/mol. The topological polar surface area (TPSA) is 121 Å². The lowest BCUT2D eigenvalue weighted by atomic mass is 9.70. The molecule has 226 valence electrons. The SMILES string of the molecule is C=CCN(C)C(=O)[C@H]1[C@@H]2OC3(CC2Br)C(C(=O)N(CC=C)Cn2nnc4ccccc42)N(CCCCCCO)C(=O)[C@H]13. The van der Waals surface area contributed by atoms with Crippen molar-refractivity contribution in [3.05, 3.63) is 49.6 Å². The molecule has 3 aliphatic rings. The summed E-state index contributed by atoms with van der Waals surface area (Å²) in [7, 11) is 1.70. The molecule has 3 fully saturated rings. The first-order valence-corrected chi connectivity index (χ1v) is 15.5. The van der Waals surface area contributed by atoms with E-state index in [1.54, 1.807) is 38.6 Å². The summed E-state index contributed by atoms with van der Waals surface area (Å²) in [5, 5.41) is 17.7. The molecule has 0 aliphatic carbocycles. The molecular formula is C30H39BrN6O5. The number of unbranched alkanes of at least 4 members (excludes halogenated alkanes) is 3. The van der Waals surface area contributed by atoms with Gasteiger partial charge in [0, 0.05) is 38.1 Å². The van der Waals surface area contributed by atoms with Crippen LogP contribution in [0.3, 0.4) is 0 Å². The average Bonchev–Trinajstić information content (AvgIpc) is 3.69. The molecule has 4 heterocycles. The zero-order chi connectivity index (χ0) is 30.0. The van der Waals surface area contributed by atoms with Gasteiger partial charge in [-0.05, 0) is 31.4 Å². The molecule has 0 saturated carbocycles. The molecule has 5 rings (SSSR count). The van der Waals surface area contributed by atoms with Gasteiger partial charge in [0.15, 0.2) is 0 Å². The molecule has 1 aromatic carbocycles. The van der Waals surface area contributed by atoms with E-state index in [1.165, 1.54) is 0 Å². The van der Waals surface area contributed by atoms with E-state index < -0.39 is 29.6 Å². The third kappa shape index (κ3) is 5.17. The van der Waals surface area contributed by atoms with E-state index >= 15 is 0 Å². The standard InChI is InChI=1S/C30H39BrN6O5/c1-4-14-34(3)27(39)23-24-28(40)36(16-10-6-7-11-17-38)26(30(24)18-20(31)25(23)42-30)29(41)35(15-5-2)19-37-22-13-9-8-12-21(22)32-33-37/h4-5,8-9,12-13,20,23-26,38H,1-2,6-7,10-11,14-19H2,3H3/t20?,23-,24+,25-,26?,30?/m1/s1. The van der Waals surface area contributed by atoms with Gasteiger partial charge in [-0.25, -0.2) is 4.68 Å². The van der Waals surface area contributed by atoms with Gasteiger partial charge in [-0.2, -0.15) is 0 Å². The smallest absolute Gasteiger partial charge is 0.250 e. The van der Waals surface area contributed by atoms with Gasteiger partial charge < -0.3 is 24.5 Å². The maximum absolute atomic E-state index is 14.6. The number of para-hydroxylation sites is 1. The van der Waals surface area contributed by atoms with Gasteiger partial charge in [0.05, 0.1) is 23.5 Å². The lowest BCUT2D eigenvalue weighted by molar-refractivity contribution is -0.149. The Morgan fingerprint density at radius 2 is 1.90 bits per heavy atom. The second-order valence-electron chi connectivity index (χ2n) is 11.4. The van der Waals surface area contributed by atoms with Crippen LogP contribution < -0.4 is 0 Å². The van der Waals surface area contributed by atoms with Crippen molar-refractivity contribution in [1.29, 1.82) is 0 Å². The number of hydrogen-bond donors (Lipinski definition) is 1. The molecule has 0 radical (unpaired) electrons. The molecule has 1 aromatic heterocycles. The Hall–Kier alpha value is -3.09. The third-order valence-electron chi connectivity index (χ3n) is 8.78. The number of rotatable bonds is 14. The Balaban J connectivity index is 1.50. The molecule has 3 aliphatic heterocycles. The van der Waals surface area contributed by atoms with Crippen LogP contribution >= 0.6 is 15.9 Å².